The minimum Gasteiger partial charge on any atom is -0.459 e. The number of carbonyl (C=O) groups excluding carboxylic acids is 3. The van der Waals surface area contributed by atoms with E-state index in [0.29, 0.717) is 5.69 Å². The molecule has 8 nitrogen and oxygen atoms in total. The number of furan rings is 1. The van der Waals surface area contributed by atoms with Crippen LogP contribution in [0, 0.1) is 0 Å². The molecule has 2 N–H and O–H groups in total. The number of aromatic nitrogens is 1. The van der Waals surface area contributed by atoms with Crippen LogP contribution in [0.25, 0.3) is 0 Å². The van der Waals surface area contributed by atoms with Crippen molar-refractivity contribution in [3.63, 3.8) is 0 Å². The van der Waals surface area contributed by atoms with E-state index < -0.39 is 29.9 Å². The number of esters is 1. The normalized spacial score (nSPS) is 12.8. The summed E-state index contributed by atoms with van der Waals surface area (Å²) in [4.78, 5) is 39.7. The maximum Gasteiger partial charge on any atom is 0.329 e. The molecule has 2 aromatic heterocycles. The Hall–Kier alpha value is -2.87. The average Bonchev–Trinajstić information content (AvgIpc) is 3.11. The van der Waals surface area contributed by atoms with E-state index in [0.717, 1.165) is 0 Å². The van der Waals surface area contributed by atoms with E-state index in [2.05, 4.69) is 15.6 Å². The van der Waals surface area contributed by atoms with Crippen LogP contribution in [0.2, 0.25) is 5.15 Å². The predicted octanol–water partition coefficient (Wildman–Crippen LogP) is 2.02. The lowest BCUT2D eigenvalue weighted by Crippen LogP contribution is -2.42. The maximum atomic E-state index is 12.1. The van der Waals surface area contributed by atoms with Crippen LogP contribution in [0.15, 0.2) is 41.1 Å². The first-order valence-electron chi connectivity index (χ1n) is 7.34. The van der Waals surface area contributed by atoms with Gasteiger partial charge in [-0.05, 0) is 38.1 Å². The molecule has 25 heavy (non-hydrogen) atoms. The number of pyridine rings is 1. The molecule has 0 bridgehead atoms. The van der Waals surface area contributed by atoms with Gasteiger partial charge < -0.3 is 19.8 Å². The molecule has 132 valence electrons. The molecule has 0 aromatic carbocycles. The molecule has 0 aliphatic carbocycles. The number of hydrogen-bond acceptors (Lipinski definition) is 6. The maximum absolute atomic E-state index is 12.1. The highest BCUT2D eigenvalue weighted by Crippen LogP contribution is 2.17. The van der Waals surface area contributed by atoms with Crippen molar-refractivity contribution in [2.75, 3.05) is 5.32 Å². The molecule has 0 saturated heterocycles. The number of anilines is 1. The van der Waals surface area contributed by atoms with Gasteiger partial charge in [0.15, 0.2) is 17.0 Å². The van der Waals surface area contributed by atoms with Crippen molar-refractivity contribution in [2.45, 2.75) is 26.0 Å². The van der Waals surface area contributed by atoms with Gasteiger partial charge in [-0.25, -0.2) is 9.78 Å². The lowest BCUT2D eigenvalue weighted by atomic mass is 10.3. The van der Waals surface area contributed by atoms with Gasteiger partial charge in [0.1, 0.15) is 6.04 Å². The molecule has 9 heteroatoms. The second-order valence-corrected chi connectivity index (χ2v) is 5.44. The molecule has 0 spiro atoms. The quantitative estimate of drug-likeness (QED) is 0.598. The van der Waals surface area contributed by atoms with Gasteiger partial charge >= 0.3 is 5.97 Å². The van der Waals surface area contributed by atoms with Crippen molar-refractivity contribution < 1.29 is 23.5 Å². The fraction of sp³-hybridized carbons (Fsp3) is 0.250. The third-order valence-corrected chi connectivity index (χ3v) is 3.43. The Kier molecular flexibility index (Phi) is 6.13. The van der Waals surface area contributed by atoms with E-state index in [1.165, 1.54) is 32.4 Å². The fourth-order valence-electron chi connectivity index (χ4n) is 1.78. The molecule has 2 amide bonds. The standard InChI is InChI=1S/C16H16ClN3O5/c1-9(19-15(22)12-6-4-8-24-12)16(23)25-10(2)14(21)20-11-5-3-7-18-13(11)17/h3-10H,1-2H3,(H,19,22)(H,20,21)/t9-,10+/m0/s1. The van der Waals surface area contributed by atoms with Crippen LogP contribution in [-0.4, -0.2) is 34.9 Å². The van der Waals surface area contributed by atoms with Crippen molar-refractivity contribution in [3.05, 3.63) is 47.6 Å². The average molecular weight is 366 g/mol. The first kappa shape index (κ1) is 18.5. The summed E-state index contributed by atoms with van der Waals surface area (Å²) in [6, 6.07) is 5.21. The molecule has 2 rings (SSSR count). The molecule has 0 radical (unpaired) electrons. The van der Waals surface area contributed by atoms with Gasteiger partial charge in [0, 0.05) is 6.20 Å². The van der Waals surface area contributed by atoms with E-state index in [4.69, 9.17) is 20.8 Å². The number of nitrogens with one attached hydrogen (secondary N) is 2. The zero-order valence-electron chi connectivity index (χ0n) is 13.5. The molecule has 0 fully saturated rings. The second-order valence-electron chi connectivity index (χ2n) is 5.08. The summed E-state index contributed by atoms with van der Waals surface area (Å²) >= 11 is 5.85. The van der Waals surface area contributed by atoms with Crippen LogP contribution in [0.3, 0.4) is 0 Å². The van der Waals surface area contributed by atoms with Crippen LogP contribution in [0.4, 0.5) is 5.69 Å². The Morgan fingerprint density at radius 1 is 1.24 bits per heavy atom. The Morgan fingerprint density at radius 3 is 2.64 bits per heavy atom. The van der Waals surface area contributed by atoms with Crippen molar-refractivity contribution in [3.8, 4) is 0 Å². The third kappa shape index (κ3) is 5.05. The van der Waals surface area contributed by atoms with Gasteiger partial charge in [-0.15, -0.1) is 0 Å². The highest BCUT2D eigenvalue weighted by atomic mass is 35.5. The number of halogens is 1. The predicted molar refractivity (Wildman–Crippen MR) is 89.1 cm³/mol. The molecule has 0 aliphatic heterocycles. The number of hydrogen-bond donors (Lipinski definition) is 2. The summed E-state index contributed by atoms with van der Waals surface area (Å²) < 4.78 is 9.97. The summed E-state index contributed by atoms with van der Waals surface area (Å²) in [5.41, 5.74) is 0.302. The lowest BCUT2D eigenvalue weighted by Gasteiger charge is -2.17. The van der Waals surface area contributed by atoms with Crippen LogP contribution in [-0.2, 0) is 14.3 Å². The number of nitrogens with zero attached hydrogens (tertiary/aromatic N) is 1. The highest BCUT2D eigenvalue weighted by Gasteiger charge is 2.24. The van der Waals surface area contributed by atoms with Gasteiger partial charge in [0.25, 0.3) is 11.8 Å². The Labute approximate surface area is 148 Å². The Bertz CT molecular complexity index is 763. The van der Waals surface area contributed by atoms with Crippen LogP contribution < -0.4 is 10.6 Å². The van der Waals surface area contributed by atoms with Crippen molar-refractivity contribution in [1.29, 1.82) is 0 Å². The minimum atomic E-state index is -1.09. The summed E-state index contributed by atoms with van der Waals surface area (Å²) in [6.07, 6.45) is 1.73. The van der Waals surface area contributed by atoms with E-state index >= 15 is 0 Å². The van der Waals surface area contributed by atoms with E-state index in [9.17, 15) is 14.4 Å². The number of ether oxygens (including phenoxy) is 1. The molecular formula is C16H16ClN3O5. The molecular weight excluding hydrogens is 350 g/mol. The van der Waals surface area contributed by atoms with Gasteiger partial charge in [-0.1, -0.05) is 11.6 Å². The van der Waals surface area contributed by atoms with Gasteiger partial charge in [-0.2, -0.15) is 0 Å². The van der Waals surface area contributed by atoms with Gasteiger partial charge in [0.2, 0.25) is 0 Å². The molecule has 0 saturated carbocycles. The minimum absolute atomic E-state index is 0.0664. The van der Waals surface area contributed by atoms with Crippen molar-refractivity contribution in [1.82, 2.24) is 10.3 Å². The fourth-order valence-corrected chi connectivity index (χ4v) is 1.94. The third-order valence-electron chi connectivity index (χ3n) is 3.13. The molecule has 0 aliphatic rings. The summed E-state index contributed by atoms with van der Waals surface area (Å²) in [6.45, 7) is 2.84. The van der Waals surface area contributed by atoms with Crippen molar-refractivity contribution in [2.24, 2.45) is 0 Å². The zero-order valence-corrected chi connectivity index (χ0v) is 14.2. The summed E-state index contributed by atoms with van der Waals surface area (Å²) in [7, 11) is 0. The highest BCUT2D eigenvalue weighted by molar-refractivity contribution is 6.32. The summed E-state index contributed by atoms with van der Waals surface area (Å²) in [5.74, 6) is -1.84. The zero-order chi connectivity index (χ0) is 18.4. The molecule has 0 unspecified atom stereocenters. The van der Waals surface area contributed by atoms with Gasteiger partial charge in [0.05, 0.1) is 12.0 Å². The molecule has 2 aromatic rings. The Morgan fingerprint density at radius 2 is 2.00 bits per heavy atom. The van der Waals surface area contributed by atoms with E-state index in [-0.39, 0.29) is 10.9 Å². The van der Waals surface area contributed by atoms with E-state index in [1.807, 2.05) is 0 Å². The molecule has 2 heterocycles. The second kappa shape index (κ2) is 8.29. The Balaban J connectivity index is 1.87. The van der Waals surface area contributed by atoms with Crippen LogP contribution >= 0.6 is 11.6 Å². The smallest absolute Gasteiger partial charge is 0.329 e. The number of amides is 2. The SMILES string of the molecule is C[C@H](NC(=O)c1ccco1)C(=O)O[C@H](C)C(=O)Nc1cccnc1Cl. The van der Waals surface area contributed by atoms with Gasteiger partial charge in [-0.3, -0.25) is 9.59 Å². The molecule has 2 atom stereocenters. The van der Waals surface area contributed by atoms with Crippen LogP contribution in [0.5, 0.6) is 0 Å². The number of rotatable bonds is 6. The van der Waals surface area contributed by atoms with Crippen LogP contribution in [0.1, 0.15) is 24.4 Å². The van der Waals surface area contributed by atoms with E-state index in [1.54, 1.807) is 18.2 Å². The number of carbonyl (C=O) groups is 3. The first-order valence-corrected chi connectivity index (χ1v) is 7.72. The summed E-state index contributed by atoms with van der Waals surface area (Å²) in [5, 5.41) is 5.04. The lowest BCUT2D eigenvalue weighted by molar-refractivity contribution is -0.154. The first-order chi connectivity index (χ1) is 11.9. The monoisotopic (exact) mass is 365 g/mol. The van der Waals surface area contributed by atoms with Crippen molar-refractivity contribution >= 4 is 35.1 Å². The largest absolute Gasteiger partial charge is 0.459 e. The topological polar surface area (TPSA) is 111 Å².